The summed E-state index contributed by atoms with van der Waals surface area (Å²) in [5.74, 6) is 0. The van der Waals surface area contributed by atoms with Crippen LogP contribution in [0.5, 0.6) is 0 Å². The van der Waals surface area contributed by atoms with Crippen LogP contribution in [-0.2, 0) is 18.6 Å². The third-order valence-electron chi connectivity index (χ3n) is 2.33. The molecule has 108 valence electrons. The van der Waals surface area contributed by atoms with Gasteiger partial charge in [0.15, 0.2) is 0 Å². The average Bonchev–Trinajstić information content (AvgIpc) is 2.36. The molecule has 0 aromatic heterocycles. The molecule has 0 aromatic rings. The van der Waals surface area contributed by atoms with Crippen LogP contribution in [0.4, 0.5) is 0 Å². The zero-order valence-corrected chi connectivity index (χ0v) is 12.3. The molecular weight excluding hydrogens is 257 g/mol. The highest BCUT2D eigenvalue weighted by atomic mass is 31.1. The van der Waals surface area contributed by atoms with Crippen molar-refractivity contribution in [3.8, 4) is 0 Å². The Morgan fingerprint density at radius 2 is 1.78 bits per heavy atom. The van der Waals surface area contributed by atoms with E-state index in [4.69, 9.17) is 19.7 Å². The molecule has 6 nitrogen and oxygen atoms in total. The first kappa shape index (κ1) is 17.9. The normalized spacial score (nSPS) is 14.6. The molecular formula is C11H25NO5P+. The number of nitrogens with two attached hydrogens (primary N) is 1. The van der Waals surface area contributed by atoms with Crippen LogP contribution in [0.2, 0.25) is 0 Å². The second-order valence-corrected chi connectivity index (χ2v) is 5.14. The molecule has 2 atom stereocenters. The molecule has 0 aliphatic heterocycles. The third kappa shape index (κ3) is 5.69. The van der Waals surface area contributed by atoms with Gasteiger partial charge in [-0.1, -0.05) is 0 Å². The summed E-state index contributed by atoms with van der Waals surface area (Å²) in [7, 11) is -2.12. The van der Waals surface area contributed by atoms with Gasteiger partial charge < -0.3 is 20.3 Å². The van der Waals surface area contributed by atoms with E-state index in [1.54, 1.807) is 20.8 Å². The summed E-state index contributed by atoms with van der Waals surface area (Å²) in [5.41, 5.74) is 4.06. The molecule has 0 bridgehead atoms. The minimum Gasteiger partial charge on any atom is -0.392 e. The van der Waals surface area contributed by atoms with Crippen LogP contribution in [0, 0.1) is 0 Å². The minimum absolute atomic E-state index is 0.153. The molecule has 0 aliphatic rings. The zero-order chi connectivity index (χ0) is 14.0. The van der Waals surface area contributed by atoms with Gasteiger partial charge in [-0.3, -0.25) is 0 Å². The summed E-state index contributed by atoms with van der Waals surface area (Å²) in [4.78, 5) is 0. The lowest BCUT2D eigenvalue weighted by Crippen LogP contribution is -2.35. The van der Waals surface area contributed by atoms with E-state index >= 15 is 0 Å². The molecule has 0 rings (SSSR count). The summed E-state index contributed by atoms with van der Waals surface area (Å²) >= 11 is 0. The Hall–Kier alpha value is -0.100. The molecule has 0 spiro atoms. The van der Waals surface area contributed by atoms with Gasteiger partial charge in [0.05, 0.1) is 32.3 Å². The van der Waals surface area contributed by atoms with Crippen molar-refractivity contribution in [2.45, 2.75) is 45.2 Å². The average molecular weight is 282 g/mol. The van der Waals surface area contributed by atoms with Gasteiger partial charge in [0.25, 0.3) is 0 Å². The number of aliphatic hydroxyl groups is 1. The van der Waals surface area contributed by atoms with Crippen molar-refractivity contribution in [2.75, 3.05) is 26.4 Å². The van der Waals surface area contributed by atoms with Crippen molar-refractivity contribution in [3.05, 3.63) is 0 Å². The highest BCUT2D eigenvalue weighted by molar-refractivity contribution is 7.40. The Balaban J connectivity index is 4.77. The summed E-state index contributed by atoms with van der Waals surface area (Å²) in [5, 5.41) is 9.50. The third-order valence-corrected chi connectivity index (χ3v) is 3.86. The van der Waals surface area contributed by atoms with Crippen molar-refractivity contribution in [2.24, 2.45) is 5.73 Å². The largest absolute Gasteiger partial charge is 0.575 e. The van der Waals surface area contributed by atoms with E-state index in [9.17, 15) is 9.67 Å². The fourth-order valence-electron chi connectivity index (χ4n) is 1.52. The lowest BCUT2D eigenvalue weighted by Gasteiger charge is -2.22. The van der Waals surface area contributed by atoms with Gasteiger partial charge in [-0.25, -0.2) is 0 Å². The standard InChI is InChI=1S/C11H25NO5P/c1-4-15-11(16-5-2,18(14)17-6-3)8-7-10(13)9-12/h10,13H,4-9,12H2,1-3H3/q+1. The highest BCUT2D eigenvalue weighted by Crippen LogP contribution is 2.45. The van der Waals surface area contributed by atoms with Gasteiger partial charge in [0, 0.05) is 6.54 Å². The lowest BCUT2D eigenvalue weighted by molar-refractivity contribution is -0.183. The Bertz CT molecular complexity index is 233. The Kier molecular flexibility index (Phi) is 9.73. The Morgan fingerprint density at radius 3 is 2.17 bits per heavy atom. The molecule has 0 aromatic carbocycles. The SMILES string of the molecule is CCO[P+](=O)C(CCC(O)CN)(OCC)OCC. The van der Waals surface area contributed by atoms with Gasteiger partial charge in [-0.05, 0) is 31.8 Å². The van der Waals surface area contributed by atoms with E-state index in [-0.39, 0.29) is 13.0 Å². The molecule has 0 saturated carbocycles. The van der Waals surface area contributed by atoms with Gasteiger partial charge in [0.2, 0.25) is 0 Å². The molecule has 0 aliphatic carbocycles. The van der Waals surface area contributed by atoms with Crippen molar-refractivity contribution < 1.29 is 23.7 Å². The van der Waals surface area contributed by atoms with Gasteiger partial charge in [0.1, 0.15) is 0 Å². The maximum absolute atomic E-state index is 12.1. The smallest absolute Gasteiger partial charge is 0.392 e. The van der Waals surface area contributed by atoms with Crippen LogP contribution in [0.15, 0.2) is 0 Å². The minimum atomic E-state index is -2.12. The predicted octanol–water partition coefficient (Wildman–Crippen LogP) is 1.59. The molecule has 0 saturated heterocycles. The van der Waals surface area contributed by atoms with Crippen molar-refractivity contribution >= 4 is 8.03 Å². The Morgan fingerprint density at radius 1 is 1.22 bits per heavy atom. The van der Waals surface area contributed by atoms with Crippen molar-refractivity contribution in [1.82, 2.24) is 0 Å². The summed E-state index contributed by atoms with van der Waals surface area (Å²) in [6, 6.07) is 0. The number of hydrogen-bond donors (Lipinski definition) is 2. The van der Waals surface area contributed by atoms with E-state index < -0.39 is 19.7 Å². The van der Waals surface area contributed by atoms with E-state index in [0.29, 0.717) is 26.2 Å². The number of hydrogen-bond acceptors (Lipinski definition) is 6. The van der Waals surface area contributed by atoms with E-state index in [1.165, 1.54) is 0 Å². The van der Waals surface area contributed by atoms with Crippen LogP contribution in [0.3, 0.4) is 0 Å². The number of aliphatic hydroxyl groups excluding tert-OH is 1. The van der Waals surface area contributed by atoms with Crippen molar-refractivity contribution in [3.63, 3.8) is 0 Å². The lowest BCUT2D eigenvalue weighted by atomic mass is 10.2. The molecule has 2 unspecified atom stereocenters. The zero-order valence-electron chi connectivity index (χ0n) is 11.4. The second-order valence-electron chi connectivity index (χ2n) is 3.68. The van der Waals surface area contributed by atoms with E-state index in [2.05, 4.69) is 0 Å². The van der Waals surface area contributed by atoms with Crippen LogP contribution < -0.4 is 5.73 Å². The quantitative estimate of drug-likeness (QED) is 0.442. The van der Waals surface area contributed by atoms with E-state index in [1.807, 2.05) is 0 Å². The van der Waals surface area contributed by atoms with Crippen LogP contribution in [-0.4, -0.2) is 43.1 Å². The molecule has 0 amide bonds. The van der Waals surface area contributed by atoms with Gasteiger partial charge >= 0.3 is 13.6 Å². The molecule has 18 heavy (non-hydrogen) atoms. The predicted molar refractivity (Wildman–Crippen MR) is 69.5 cm³/mol. The molecule has 0 radical (unpaired) electrons. The summed E-state index contributed by atoms with van der Waals surface area (Å²) in [6.07, 6.45) is -0.0253. The summed E-state index contributed by atoms with van der Waals surface area (Å²) < 4.78 is 28.2. The topological polar surface area (TPSA) is 91.0 Å². The molecule has 0 heterocycles. The first-order valence-corrected chi connectivity index (χ1v) is 7.50. The second kappa shape index (κ2) is 9.78. The maximum Gasteiger partial charge on any atom is 0.575 e. The maximum atomic E-state index is 12.1. The first-order chi connectivity index (χ1) is 8.56. The highest BCUT2D eigenvalue weighted by Gasteiger charge is 2.54. The van der Waals surface area contributed by atoms with Crippen LogP contribution >= 0.6 is 8.03 Å². The summed E-state index contributed by atoms with van der Waals surface area (Å²) in [6.45, 7) is 6.52. The van der Waals surface area contributed by atoms with Gasteiger partial charge in [-0.2, -0.15) is 0 Å². The first-order valence-electron chi connectivity index (χ1n) is 6.32. The fourth-order valence-corrected chi connectivity index (χ4v) is 2.73. The van der Waals surface area contributed by atoms with Gasteiger partial charge in [-0.15, -0.1) is 4.52 Å². The number of rotatable bonds is 11. The molecule has 7 heteroatoms. The Labute approximate surface area is 110 Å². The monoisotopic (exact) mass is 282 g/mol. The van der Waals surface area contributed by atoms with Crippen LogP contribution in [0.25, 0.3) is 0 Å². The molecule has 3 N–H and O–H groups in total. The van der Waals surface area contributed by atoms with E-state index in [0.717, 1.165) is 0 Å². The van der Waals surface area contributed by atoms with Crippen molar-refractivity contribution in [1.29, 1.82) is 0 Å². The fraction of sp³-hybridized carbons (Fsp3) is 1.00. The molecule has 0 fully saturated rings. The number of ether oxygens (including phenoxy) is 2. The van der Waals surface area contributed by atoms with Crippen LogP contribution in [0.1, 0.15) is 33.6 Å².